The van der Waals surface area contributed by atoms with E-state index in [1.807, 2.05) is 6.92 Å². The zero-order valence-corrected chi connectivity index (χ0v) is 16.7. The average molecular weight is 367 g/mol. The van der Waals surface area contributed by atoms with Gasteiger partial charge in [0.05, 0.1) is 18.2 Å². The molecule has 1 amide bonds. The van der Waals surface area contributed by atoms with E-state index in [-0.39, 0.29) is 29.8 Å². The predicted octanol–water partition coefficient (Wildman–Crippen LogP) is 2.83. The Balaban J connectivity index is 2.00. The molecule has 0 bridgehead atoms. The van der Waals surface area contributed by atoms with Crippen LogP contribution in [0.5, 0.6) is 0 Å². The molecule has 6 heteroatoms. The van der Waals surface area contributed by atoms with E-state index in [1.165, 1.54) is 16.1 Å². The van der Waals surface area contributed by atoms with E-state index in [4.69, 9.17) is 0 Å². The fraction of sp³-hybridized carbons (Fsp3) is 0.632. The molecule has 0 spiro atoms. The van der Waals surface area contributed by atoms with Crippen LogP contribution < -0.4 is 5.32 Å². The first-order chi connectivity index (χ1) is 11.5. The minimum Gasteiger partial charge on any atom is -0.349 e. The van der Waals surface area contributed by atoms with Crippen molar-refractivity contribution in [1.82, 2.24) is 9.62 Å². The van der Waals surface area contributed by atoms with Crippen molar-refractivity contribution in [2.24, 2.45) is 5.92 Å². The first kappa shape index (κ1) is 19.9. The van der Waals surface area contributed by atoms with E-state index in [1.54, 1.807) is 0 Å². The maximum absolute atomic E-state index is 12.5. The maximum Gasteiger partial charge on any atom is 0.224 e. The number of piperidine rings is 1. The van der Waals surface area contributed by atoms with Crippen molar-refractivity contribution in [2.75, 3.05) is 19.3 Å². The average Bonchev–Trinajstić information content (AvgIpc) is 2.53. The summed E-state index contributed by atoms with van der Waals surface area (Å²) in [5.41, 5.74) is 2.41. The highest BCUT2D eigenvalue weighted by atomic mass is 32.2. The molecule has 1 aliphatic heterocycles. The molecule has 0 saturated carbocycles. The zero-order chi connectivity index (χ0) is 18.8. The second-order valence-electron chi connectivity index (χ2n) is 8.06. The molecule has 1 saturated heterocycles. The van der Waals surface area contributed by atoms with Gasteiger partial charge in [-0.15, -0.1) is 0 Å². The Kier molecular flexibility index (Phi) is 5.94. The van der Waals surface area contributed by atoms with Gasteiger partial charge in [-0.05, 0) is 36.3 Å². The molecule has 1 aliphatic rings. The topological polar surface area (TPSA) is 66.5 Å². The van der Waals surface area contributed by atoms with Gasteiger partial charge in [0.15, 0.2) is 0 Å². The van der Waals surface area contributed by atoms with Gasteiger partial charge in [0.1, 0.15) is 0 Å². The molecule has 1 heterocycles. The number of nitrogens with zero attached hydrogens (tertiary/aromatic N) is 1. The van der Waals surface area contributed by atoms with Crippen molar-refractivity contribution in [1.29, 1.82) is 0 Å². The standard InChI is InChI=1S/C19H30N2O3S/c1-14(15-8-10-17(11-9-15)19(2,3)4)20-18(22)16-7-6-12-21(13-16)25(5,23)24/h8-11,14,16H,6-7,12-13H2,1-5H3,(H,20,22)/t14-,16-/m0/s1. The van der Waals surface area contributed by atoms with Crippen LogP contribution in [0.3, 0.4) is 0 Å². The number of amides is 1. The smallest absolute Gasteiger partial charge is 0.224 e. The van der Waals surface area contributed by atoms with Crippen LogP contribution in [0, 0.1) is 5.92 Å². The van der Waals surface area contributed by atoms with Crippen molar-refractivity contribution < 1.29 is 13.2 Å². The largest absolute Gasteiger partial charge is 0.349 e. The molecule has 25 heavy (non-hydrogen) atoms. The highest BCUT2D eigenvalue weighted by Gasteiger charge is 2.30. The summed E-state index contributed by atoms with van der Waals surface area (Å²) >= 11 is 0. The Morgan fingerprint density at radius 3 is 2.36 bits per heavy atom. The lowest BCUT2D eigenvalue weighted by atomic mass is 9.86. The zero-order valence-electron chi connectivity index (χ0n) is 15.9. The van der Waals surface area contributed by atoms with E-state index in [9.17, 15) is 13.2 Å². The molecule has 1 aromatic rings. The molecule has 1 aromatic carbocycles. The number of nitrogens with one attached hydrogen (secondary N) is 1. The molecule has 2 rings (SSSR count). The Labute approximate surface area is 151 Å². The normalized spacial score (nSPS) is 20.9. The molecule has 140 valence electrons. The minimum atomic E-state index is -3.24. The van der Waals surface area contributed by atoms with Crippen LogP contribution in [-0.4, -0.2) is 38.0 Å². The molecule has 1 fully saturated rings. The second kappa shape index (κ2) is 7.46. The van der Waals surface area contributed by atoms with Gasteiger partial charge in [0, 0.05) is 13.1 Å². The maximum atomic E-state index is 12.5. The summed E-state index contributed by atoms with van der Waals surface area (Å²) in [5.74, 6) is -0.347. The van der Waals surface area contributed by atoms with Crippen molar-refractivity contribution in [2.45, 2.75) is 52.0 Å². The van der Waals surface area contributed by atoms with Crippen LogP contribution in [-0.2, 0) is 20.2 Å². The van der Waals surface area contributed by atoms with Crippen LogP contribution in [0.25, 0.3) is 0 Å². The SMILES string of the molecule is C[C@H](NC(=O)[C@H]1CCCN(S(C)(=O)=O)C1)c1ccc(C(C)(C)C)cc1. The molecular weight excluding hydrogens is 336 g/mol. The van der Waals surface area contributed by atoms with Gasteiger partial charge in [0.2, 0.25) is 15.9 Å². The van der Waals surface area contributed by atoms with Gasteiger partial charge < -0.3 is 5.32 Å². The number of hydrogen-bond donors (Lipinski definition) is 1. The number of carbonyl (C=O) groups excluding carboxylic acids is 1. The molecule has 5 nitrogen and oxygen atoms in total. The van der Waals surface area contributed by atoms with Crippen molar-refractivity contribution in [3.05, 3.63) is 35.4 Å². The van der Waals surface area contributed by atoms with Gasteiger partial charge in [-0.25, -0.2) is 12.7 Å². The van der Waals surface area contributed by atoms with E-state index in [2.05, 4.69) is 50.4 Å². The summed E-state index contributed by atoms with van der Waals surface area (Å²) in [4.78, 5) is 12.5. The molecule has 0 unspecified atom stereocenters. The predicted molar refractivity (Wildman–Crippen MR) is 101 cm³/mol. The van der Waals surface area contributed by atoms with Crippen LogP contribution in [0.1, 0.15) is 57.7 Å². The van der Waals surface area contributed by atoms with Crippen LogP contribution in [0.15, 0.2) is 24.3 Å². The first-order valence-electron chi connectivity index (χ1n) is 8.84. The molecule has 0 radical (unpaired) electrons. The van der Waals surface area contributed by atoms with E-state index in [0.717, 1.165) is 18.4 Å². The Hall–Kier alpha value is -1.40. The van der Waals surface area contributed by atoms with Crippen molar-refractivity contribution >= 4 is 15.9 Å². The van der Waals surface area contributed by atoms with Gasteiger partial charge >= 0.3 is 0 Å². The minimum absolute atomic E-state index is 0.0688. The lowest BCUT2D eigenvalue weighted by Crippen LogP contribution is -2.45. The number of sulfonamides is 1. The van der Waals surface area contributed by atoms with Crippen LogP contribution in [0.4, 0.5) is 0 Å². The Bertz CT molecular complexity index is 705. The molecule has 0 aromatic heterocycles. The summed E-state index contributed by atoms with van der Waals surface area (Å²) < 4.78 is 24.8. The molecule has 2 atom stereocenters. The summed E-state index contributed by atoms with van der Waals surface area (Å²) in [7, 11) is -3.24. The first-order valence-corrected chi connectivity index (χ1v) is 10.7. The summed E-state index contributed by atoms with van der Waals surface area (Å²) in [6.07, 6.45) is 2.65. The number of carbonyl (C=O) groups is 1. The van der Waals surface area contributed by atoms with Gasteiger partial charge in [-0.1, -0.05) is 45.0 Å². The molecule has 1 N–H and O–H groups in total. The highest BCUT2D eigenvalue weighted by molar-refractivity contribution is 7.88. The molecule has 0 aliphatic carbocycles. The van der Waals surface area contributed by atoms with E-state index >= 15 is 0 Å². The monoisotopic (exact) mass is 366 g/mol. The highest BCUT2D eigenvalue weighted by Crippen LogP contribution is 2.25. The fourth-order valence-electron chi connectivity index (χ4n) is 3.14. The molecular formula is C19H30N2O3S. The fourth-order valence-corrected chi connectivity index (χ4v) is 4.06. The van der Waals surface area contributed by atoms with Gasteiger partial charge in [-0.2, -0.15) is 0 Å². The summed E-state index contributed by atoms with van der Waals surface area (Å²) in [6, 6.07) is 8.20. The lowest BCUT2D eigenvalue weighted by Gasteiger charge is -2.31. The number of hydrogen-bond acceptors (Lipinski definition) is 3. The quantitative estimate of drug-likeness (QED) is 0.891. The third-order valence-corrected chi connectivity index (χ3v) is 6.13. The van der Waals surface area contributed by atoms with E-state index < -0.39 is 10.0 Å². The van der Waals surface area contributed by atoms with Crippen molar-refractivity contribution in [3.8, 4) is 0 Å². The summed E-state index contributed by atoms with van der Waals surface area (Å²) in [6.45, 7) is 9.26. The van der Waals surface area contributed by atoms with Gasteiger partial charge in [0.25, 0.3) is 0 Å². The van der Waals surface area contributed by atoms with Crippen molar-refractivity contribution in [3.63, 3.8) is 0 Å². The van der Waals surface area contributed by atoms with Crippen LogP contribution in [0.2, 0.25) is 0 Å². The Morgan fingerprint density at radius 1 is 1.24 bits per heavy atom. The van der Waals surface area contributed by atoms with Crippen LogP contribution >= 0.6 is 0 Å². The second-order valence-corrected chi connectivity index (χ2v) is 10.0. The third-order valence-electron chi connectivity index (χ3n) is 4.86. The Morgan fingerprint density at radius 2 is 1.84 bits per heavy atom. The summed E-state index contributed by atoms with van der Waals surface area (Å²) in [5, 5.41) is 3.04. The lowest BCUT2D eigenvalue weighted by molar-refractivity contribution is -0.126. The number of rotatable bonds is 4. The number of benzene rings is 1. The van der Waals surface area contributed by atoms with Gasteiger partial charge in [-0.3, -0.25) is 4.79 Å². The van der Waals surface area contributed by atoms with E-state index in [0.29, 0.717) is 6.54 Å². The third kappa shape index (κ3) is 5.28.